The van der Waals surface area contributed by atoms with Crippen LogP contribution in [0.1, 0.15) is 31.2 Å². The summed E-state index contributed by atoms with van der Waals surface area (Å²) in [6.07, 6.45) is 2.14. The van der Waals surface area contributed by atoms with E-state index in [1.165, 1.54) is 12.1 Å². The number of nitrogens with zero attached hydrogens (tertiary/aromatic N) is 2. The zero-order valence-electron chi connectivity index (χ0n) is 10.1. The summed E-state index contributed by atoms with van der Waals surface area (Å²) in [6, 6.07) is 5.64. The van der Waals surface area contributed by atoms with Crippen LogP contribution in [-0.2, 0) is 4.79 Å². The zero-order valence-corrected chi connectivity index (χ0v) is 10.1. The molecule has 0 saturated carbocycles. The first-order valence-electron chi connectivity index (χ1n) is 6.11. The third-order valence-electron chi connectivity index (χ3n) is 3.07. The van der Waals surface area contributed by atoms with Crippen molar-refractivity contribution in [1.29, 1.82) is 0 Å². The number of hydrogen-bond donors (Lipinski definition) is 1. The van der Waals surface area contributed by atoms with Gasteiger partial charge in [0.15, 0.2) is 0 Å². The lowest BCUT2D eigenvalue weighted by molar-refractivity contribution is -0.123. The Labute approximate surface area is 108 Å². The van der Waals surface area contributed by atoms with Crippen LogP contribution < -0.4 is 5.32 Å². The van der Waals surface area contributed by atoms with E-state index >= 15 is 0 Å². The van der Waals surface area contributed by atoms with Crippen molar-refractivity contribution in [3.8, 4) is 11.4 Å². The van der Waals surface area contributed by atoms with Crippen LogP contribution in [0.3, 0.4) is 0 Å². The normalized spacial score (nSPS) is 19.2. The fraction of sp³-hybridized carbons (Fsp3) is 0.308. The highest BCUT2D eigenvalue weighted by atomic mass is 19.1. The van der Waals surface area contributed by atoms with Gasteiger partial charge in [-0.05, 0) is 37.1 Å². The monoisotopic (exact) mass is 261 g/mol. The van der Waals surface area contributed by atoms with Crippen molar-refractivity contribution in [2.75, 3.05) is 0 Å². The van der Waals surface area contributed by atoms with Crippen molar-refractivity contribution in [2.45, 2.75) is 25.3 Å². The summed E-state index contributed by atoms with van der Waals surface area (Å²) in [5.41, 5.74) is 0.679. The first kappa shape index (κ1) is 11.8. The maximum Gasteiger partial charge on any atom is 0.249 e. The van der Waals surface area contributed by atoms with Gasteiger partial charge in [0, 0.05) is 12.0 Å². The van der Waals surface area contributed by atoms with Crippen molar-refractivity contribution in [1.82, 2.24) is 15.5 Å². The maximum atomic E-state index is 12.8. The molecule has 1 aromatic heterocycles. The number of carbonyl (C=O) groups is 1. The minimum atomic E-state index is -0.313. The van der Waals surface area contributed by atoms with Crippen LogP contribution in [0, 0.1) is 5.82 Å². The van der Waals surface area contributed by atoms with Crippen LogP contribution in [0.15, 0.2) is 28.8 Å². The van der Waals surface area contributed by atoms with Gasteiger partial charge < -0.3 is 9.84 Å². The highest BCUT2D eigenvalue weighted by molar-refractivity contribution is 5.77. The van der Waals surface area contributed by atoms with Gasteiger partial charge in [0.1, 0.15) is 11.9 Å². The summed E-state index contributed by atoms with van der Waals surface area (Å²) in [4.78, 5) is 15.6. The van der Waals surface area contributed by atoms with E-state index in [1.807, 2.05) is 0 Å². The average molecular weight is 261 g/mol. The van der Waals surface area contributed by atoms with Crippen LogP contribution in [0.5, 0.6) is 0 Å². The van der Waals surface area contributed by atoms with Gasteiger partial charge in [0.2, 0.25) is 17.6 Å². The molecule has 1 fully saturated rings. The number of carbonyl (C=O) groups excluding carboxylic acids is 1. The molecule has 1 N–H and O–H groups in total. The Hall–Kier alpha value is -2.24. The Morgan fingerprint density at radius 1 is 1.32 bits per heavy atom. The van der Waals surface area contributed by atoms with Crippen LogP contribution >= 0.6 is 0 Å². The number of benzene rings is 1. The largest absolute Gasteiger partial charge is 0.344 e. The number of piperidine rings is 1. The number of nitrogens with one attached hydrogen (secondary N) is 1. The highest BCUT2D eigenvalue weighted by Crippen LogP contribution is 2.24. The molecular formula is C13H12FN3O2. The molecular weight excluding hydrogens is 249 g/mol. The van der Waals surface area contributed by atoms with Gasteiger partial charge >= 0.3 is 0 Å². The quantitative estimate of drug-likeness (QED) is 0.900. The highest BCUT2D eigenvalue weighted by Gasteiger charge is 2.24. The molecule has 1 aliphatic heterocycles. The van der Waals surface area contributed by atoms with Gasteiger partial charge in [-0.3, -0.25) is 4.79 Å². The number of amides is 1. The molecule has 98 valence electrons. The van der Waals surface area contributed by atoms with E-state index in [0.29, 0.717) is 23.7 Å². The zero-order chi connectivity index (χ0) is 13.2. The molecule has 2 aromatic rings. The Balaban J connectivity index is 1.82. The van der Waals surface area contributed by atoms with E-state index < -0.39 is 0 Å². The van der Waals surface area contributed by atoms with Gasteiger partial charge in [0.25, 0.3) is 0 Å². The second-order valence-corrected chi connectivity index (χ2v) is 4.48. The SMILES string of the molecule is O=C1CCCC(c2nc(-c3ccc(F)cc3)no2)N1. The van der Waals surface area contributed by atoms with Crippen LogP contribution in [0.4, 0.5) is 4.39 Å². The predicted molar refractivity (Wildman–Crippen MR) is 64.4 cm³/mol. The van der Waals surface area contributed by atoms with Gasteiger partial charge in [-0.25, -0.2) is 4.39 Å². The van der Waals surface area contributed by atoms with Gasteiger partial charge in [-0.1, -0.05) is 5.16 Å². The lowest BCUT2D eigenvalue weighted by Crippen LogP contribution is -2.32. The fourth-order valence-corrected chi connectivity index (χ4v) is 2.08. The molecule has 0 radical (unpaired) electrons. The average Bonchev–Trinajstić information content (AvgIpc) is 2.89. The predicted octanol–water partition coefficient (Wildman–Crippen LogP) is 2.22. The third kappa shape index (κ3) is 2.47. The van der Waals surface area contributed by atoms with E-state index in [0.717, 1.165) is 12.8 Å². The summed E-state index contributed by atoms with van der Waals surface area (Å²) in [6.45, 7) is 0. The van der Waals surface area contributed by atoms with Crippen molar-refractivity contribution in [3.63, 3.8) is 0 Å². The smallest absolute Gasteiger partial charge is 0.249 e. The first-order chi connectivity index (χ1) is 9.22. The second-order valence-electron chi connectivity index (χ2n) is 4.48. The van der Waals surface area contributed by atoms with Crippen molar-refractivity contribution in [3.05, 3.63) is 36.0 Å². The Morgan fingerprint density at radius 2 is 2.11 bits per heavy atom. The molecule has 3 rings (SSSR count). The molecule has 0 bridgehead atoms. The molecule has 1 aliphatic rings. The molecule has 1 saturated heterocycles. The summed E-state index contributed by atoms with van der Waals surface area (Å²) < 4.78 is 18.0. The van der Waals surface area contributed by atoms with Crippen molar-refractivity contribution >= 4 is 5.91 Å². The van der Waals surface area contributed by atoms with Crippen LogP contribution in [0.25, 0.3) is 11.4 Å². The van der Waals surface area contributed by atoms with Crippen LogP contribution in [0.2, 0.25) is 0 Å². The maximum absolute atomic E-state index is 12.8. The Kier molecular flexibility index (Phi) is 2.98. The minimum Gasteiger partial charge on any atom is -0.344 e. The van der Waals surface area contributed by atoms with Gasteiger partial charge in [0.05, 0.1) is 0 Å². The molecule has 6 heteroatoms. The lowest BCUT2D eigenvalue weighted by Gasteiger charge is -2.19. The van der Waals surface area contributed by atoms with E-state index in [-0.39, 0.29) is 17.8 Å². The van der Waals surface area contributed by atoms with Crippen molar-refractivity contribution < 1.29 is 13.7 Å². The number of hydrogen-bond acceptors (Lipinski definition) is 4. The molecule has 1 atom stereocenters. The molecule has 1 aromatic carbocycles. The molecule has 1 unspecified atom stereocenters. The lowest BCUT2D eigenvalue weighted by atomic mass is 10.0. The molecule has 1 amide bonds. The van der Waals surface area contributed by atoms with E-state index in [1.54, 1.807) is 12.1 Å². The molecule has 19 heavy (non-hydrogen) atoms. The first-order valence-corrected chi connectivity index (χ1v) is 6.11. The van der Waals surface area contributed by atoms with E-state index in [2.05, 4.69) is 15.5 Å². The minimum absolute atomic E-state index is 0.00205. The summed E-state index contributed by atoms with van der Waals surface area (Å²) in [7, 11) is 0. The molecule has 5 nitrogen and oxygen atoms in total. The van der Waals surface area contributed by atoms with Gasteiger partial charge in [-0.15, -0.1) is 0 Å². The second kappa shape index (κ2) is 4.79. The fourth-order valence-electron chi connectivity index (χ4n) is 2.08. The molecule has 0 aliphatic carbocycles. The summed E-state index contributed by atoms with van der Waals surface area (Å²) >= 11 is 0. The summed E-state index contributed by atoms with van der Waals surface area (Å²) in [5, 5.41) is 6.67. The van der Waals surface area contributed by atoms with Crippen LogP contribution in [-0.4, -0.2) is 16.0 Å². The molecule has 2 heterocycles. The standard InChI is InChI=1S/C13H12FN3O2/c14-9-6-4-8(5-7-9)12-16-13(19-17-12)10-2-1-3-11(18)15-10/h4-7,10H,1-3H2,(H,15,18). The van der Waals surface area contributed by atoms with Crippen molar-refractivity contribution in [2.24, 2.45) is 0 Å². The van der Waals surface area contributed by atoms with E-state index in [4.69, 9.17) is 4.52 Å². The number of aromatic nitrogens is 2. The Bertz CT molecular complexity index is 594. The third-order valence-corrected chi connectivity index (χ3v) is 3.07. The van der Waals surface area contributed by atoms with E-state index in [9.17, 15) is 9.18 Å². The summed E-state index contributed by atoms with van der Waals surface area (Å²) in [5.74, 6) is 0.479. The van der Waals surface area contributed by atoms with Gasteiger partial charge in [-0.2, -0.15) is 4.98 Å². The Morgan fingerprint density at radius 3 is 2.84 bits per heavy atom. The topological polar surface area (TPSA) is 68.0 Å². The number of rotatable bonds is 2. The number of halogens is 1. The molecule has 0 spiro atoms.